The summed E-state index contributed by atoms with van der Waals surface area (Å²) in [6.45, 7) is 5.88. The minimum Gasteiger partial charge on any atom is -0.478 e. The third-order valence-electron chi connectivity index (χ3n) is 3.20. The SMILES string of the molecule is Cc1ccc(C)c(Oc2ncc(C(=O)O)cc2N)c1C. The van der Waals surface area contributed by atoms with Gasteiger partial charge in [0.25, 0.3) is 0 Å². The number of carbonyl (C=O) groups is 1. The van der Waals surface area contributed by atoms with Crippen LogP contribution < -0.4 is 10.5 Å². The van der Waals surface area contributed by atoms with Crippen LogP contribution in [0.1, 0.15) is 27.0 Å². The first-order valence-corrected chi connectivity index (χ1v) is 6.13. The molecular formula is C15H16N2O3. The third-order valence-corrected chi connectivity index (χ3v) is 3.20. The molecule has 0 fully saturated rings. The summed E-state index contributed by atoms with van der Waals surface area (Å²) in [4.78, 5) is 14.8. The molecule has 1 heterocycles. The third kappa shape index (κ3) is 2.56. The van der Waals surface area contributed by atoms with Crippen LogP contribution in [0.2, 0.25) is 0 Å². The minimum absolute atomic E-state index is 0.0348. The Morgan fingerprint density at radius 1 is 1.25 bits per heavy atom. The van der Waals surface area contributed by atoms with E-state index < -0.39 is 5.97 Å². The summed E-state index contributed by atoms with van der Waals surface area (Å²) in [6, 6.07) is 5.31. The number of hydrogen-bond acceptors (Lipinski definition) is 4. The summed E-state index contributed by atoms with van der Waals surface area (Å²) in [6.07, 6.45) is 1.23. The van der Waals surface area contributed by atoms with Crippen LogP contribution in [0, 0.1) is 20.8 Å². The summed E-state index contributed by atoms with van der Waals surface area (Å²) in [5.41, 5.74) is 9.11. The zero-order valence-corrected chi connectivity index (χ0v) is 11.6. The van der Waals surface area contributed by atoms with Gasteiger partial charge in [-0.2, -0.15) is 0 Å². The van der Waals surface area contributed by atoms with E-state index in [0.29, 0.717) is 5.75 Å². The molecule has 0 saturated heterocycles. The van der Waals surface area contributed by atoms with Crippen molar-refractivity contribution in [2.45, 2.75) is 20.8 Å². The van der Waals surface area contributed by atoms with Crippen LogP contribution >= 0.6 is 0 Å². The van der Waals surface area contributed by atoms with E-state index in [1.807, 2.05) is 32.9 Å². The second-order valence-electron chi connectivity index (χ2n) is 4.68. The molecule has 0 amide bonds. The maximum Gasteiger partial charge on any atom is 0.337 e. The fraction of sp³-hybridized carbons (Fsp3) is 0.200. The Morgan fingerprint density at radius 2 is 1.90 bits per heavy atom. The van der Waals surface area contributed by atoms with Crippen molar-refractivity contribution < 1.29 is 14.6 Å². The Hall–Kier alpha value is -2.56. The van der Waals surface area contributed by atoms with Gasteiger partial charge < -0.3 is 15.6 Å². The lowest BCUT2D eigenvalue weighted by Crippen LogP contribution is -2.03. The lowest BCUT2D eigenvalue weighted by Gasteiger charge is -2.14. The molecule has 20 heavy (non-hydrogen) atoms. The summed E-state index contributed by atoms with van der Waals surface area (Å²) in [7, 11) is 0. The number of pyridine rings is 1. The molecule has 3 N–H and O–H groups in total. The highest BCUT2D eigenvalue weighted by atomic mass is 16.5. The maximum atomic E-state index is 10.8. The number of carboxylic acid groups (broad SMARTS) is 1. The zero-order valence-electron chi connectivity index (χ0n) is 11.6. The van der Waals surface area contributed by atoms with Crippen molar-refractivity contribution in [3.63, 3.8) is 0 Å². The van der Waals surface area contributed by atoms with Crippen molar-refractivity contribution in [2.24, 2.45) is 0 Å². The predicted molar refractivity (Wildman–Crippen MR) is 76.3 cm³/mol. The number of hydrogen-bond donors (Lipinski definition) is 2. The first-order valence-electron chi connectivity index (χ1n) is 6.13. The van der Waals surface area contributed by atoms with Gasteiger partial charge in [0.05, 0.1) is 11.3 Å². The number of aromatic carboxylic acids is 1. The molecule has 0 aliphatic carbocycles. The van der Waals surface area contributed by atoms with Crippen molar-refractivity contribution in [2.75, 3.05) is 5.73 Å². The van der Waals surface area contributed by atoms with E-state index in [1.54, 1.807) is 0 Å². The minimum atomic E-state index is -1.07. The molecule has 1 aromatic heterocycles. The lowest BCUT2D eigenvalue weighted by atomic mass is 10.1. The fourth-order valence-corrected chi connectivity index (χ4v) is 1.85. The number of nitrogens with zero attached hydrogens (tertiary/aromatic N) is 1. The van der Waals surface area contributed by atoms with Gasteiger partial charge in [0.15, 0.2) is 0 Å². The fourth-order valence-electron chi connectivity index (χ4n) is 1.85. The number of carboxylic acids is 1. The number of aromatic nitrogens is 1. The molecule has 0 unspecified atom stereocenters. The van der Waals surface area contributed by atoms with E-state index in [0.717, 1.165) is 16.7 Å². The lowest BCUT2D eigenvalue weighted by molar-refractivity contribution is 0.0696. The molecular weight excluding hydrogens is 256 g/mol. The summed E-state index contributed by atoms with van der Waals surface area (Å²) >= 11 is 0. The number of ether oxygens (including phenoxy) is 1. The van der Waals surface area contributed by atoms with E-state index in [-0.39, 0.29) is 17.1 Å². The van der Waals surface area contributed by atoms with Gasteiger partial charge >= 0.3 is 5.97 Å². The second kappa shape index (κ2) is 5.21. The molecule has 104 valence electrons. The number of anilines is 1. The Morgan fingerprint density at radius 3 is 2.50 bits per heavy atom. The van der Waals surface area contributed by atoms with Gasteiger partial charge in [-0.1, -0.05) is 12.1 Å². The molecule has 2 rings (SSSR count). The number of nitrogens with two attached hydrogens (primary N) is 1. The quantitative estimate of drug-likeness (QED) is 0.896. The standard InChI is InChI=1S/C15H16N2O3/c1-8-4-5-9(2)13(10(8)3)20-14-12(16)6-11(7-17-14)15(18)19/h4-7H,16H2,1-3H3,(H,18,19). The molecule has 5 heteroatoms. The first-order chi connectivity index (χ1) is 9.40. The summed E-state index contributed by atoms with van der Waals surface area (Å²) in [5, 5.41) is 8.88. The van der Waals surface area contributed by atoms with Crippen molar-refractivity contribution in [1.82, 2.24) is 4.98 Å². The van der Waals surface area contributed by atoms with Gasteiger partial charge in [-0.3, -0.25) is 0 Å². The topological polar surface area (TPSA) is 85.4 Å². The van der Waals surface area contributed by atoms with E-state index in [1.165, 1.54) is 12.3 Å². The Bertz CT molecular complexity index is 681. The van der Waals surface area contributed by atoms with Gasteiger partial charge in [0, 0.05) is 6.20 Å². The Balaban J connectivity index is 2.41. The van der Waals surface area contributed by atoms with Gasteiger partial charge in [-0.25, -0.2) is 9.78 Å². The van der Waals surface area contributed by atoms with Crippen molar-refractivity contribution in [3.05, 3.63) is 46.6 Å². The molecule has 0 atom stereocenters. The summed E-state index contributed by atoms with van der Waals surface area (Å²) in [5.74, 6) is -0.155. The number of aryl methyl sites for hydroxylation is 2. The molecule has 0 spiro atoms. The monoisotopic (exact) mass is 272 g/mol. The summed E-state index contributed by atoms with van der Waals surface area (Å²) < 4.78 is 5.76. The zero-order chi connectivity index (χ0) is 14.9. The van der Waals surface area contributed by atoms with Crippen molar-refractivity contribution >= 4 is 11.7 Å². The van der Waals surface area contributed by atoms with Gasteiger partial charge in [0.1, 0.15) is 5.75 Å². The van der Waals surface area contributed by atoms with Crippen LogP contribution in [0.4, 0.5) is 5.69 Å². The van der Waals surface area contributed by atoms with E-state index in [4.69, 9.17) is 15.6 Å². The molecule has 2 aromatic rings. The highest BCUT2D eigenvalue weighted by Gasteiger charge is 2.13. The van der Waals surface area contributed by atoms with Crippen LogP contribution in [-0.4, -0.2) is 16.1 Å². The van der Waals surface area contributed by atoms with E-state index in [9.17, 15) is 4.79 Å². The van der Waals surface area contributed by atoms with Crippen molar-refractivity contribution in [1.29, 1.82) is 0 Å². The average molecular weight is 272 g/mol. The normalized spacial score (nSPS) is 10.3. The molecule has 0 aliphatic heterocycles. The van der Waals surface area contributed by atoms with Crippen LogP contribution in [0.5, 0.6) is 11.6 Å². The molecule has 0 saturated carbocycles. The van der Waals surface area contributed by atoms with Crippen LogP contribution in [-0.2, 0) is 0 Å². The van der Waals surface area contributed by atoms with Crippen LogP contribution in [0.3, 0.4) is 0 Å². The molecule has 0 bridgehead atoms. The van der Waals surface area contributed by atoms with E-state index in [2.05, 4.69) is 4.98 Å². The second-order valence-corrected chi connectivity index (χ2v) is 4.68. The Labute approximate surface area is 117 Å². The average Bonchev–Trinajstić information content (AvgIpc) is 2.40. The highest BCUT2D eigenvalue weighted by molar-refractivity contribution is 5.88. The number of nitrogen functional groups attached to an aromatic ring is 1. The largest absolute Gasteiger partial charge is 0.478 e. The van der Waals surface area contributed by atoms with E-state index >= 15 is 0 Å². The van der Waals surface area contributed by atoms with Crippen LogP contribution in [0.25, 0.3) is 0 Å². The first kappa shape index (κ1) is 13.9. The van der Waals surface area contributed by atoms with Gasteiger partial charge in [-0.05, 0) is 43.5 Å². The van der Waals surface area contributed by atoms with Crippen molar-refractivity contribution in [3.8, 4) is 11.6 Å². The number of benzene rings is 1. The smallest absolute Gasteiger partial charge is 0.337 e. The van der Waals surface area contributed by atoms with Gasteiger partial charge in [0.2, 0.25) is 5.88 Å². The maximum absolute atomic E-state index is 10.8. The molecule has 5 nitrogen and oxygen atoms in total. The highest BCUT2D eigenvalue weighted by Crippen LogP contribution is 2.32. The van der Waals surface area contributed by atoms with Gasteiger partial charge in [-0.15, -0.1) is 0 Å². The number of rotatable bonds is 3. The molecule has 1 aromatic carbocycles. The predicted octanol–water partition coefficient (Wildman–Crippen LogP) is 3.08. The Kier molecular flexibility index (Phi) is 3.61. The van der Waals surface area contributed by atoms with Crippen LogP contribution in [0.15, 0.2) is 24.4 Å². The molecule has 0 aliphatic rings. The molecule has 0 radical (unpaired) electrons.